The number of nitrogens with zero attached hydrogens (tertiary/aromatic N) is 1. The van der Waals surface area contributed by atoms with E-state index in [1.807, 2.05) is 0 Å². The quantitative estimate of drug-likeness (QED) is 0.506. The zero-order chi connectivity index (χ0) is 8.10. The molecule has 0 radical (unpaired) electrons. The average molecular weight is 222 g/mol. The van der Waals surface area contributed by atoms with Gasteiger partial charge in [0.15, 0.2) is 29.5 Å². The van der Waals surface area contributed by atoms with Gasteiger partial charge in [-0.05, 0) is 0 Å². The summed E-state index contributed by atoms with van der Waals surface area (Å²) in [4.78, 5) is 0. The number of nitrogens with one attached hydrogen (secondary N) is 2. The van der Waals surface area contributed by atoms with Gasteiger partial charge in [0, 0.05) is 0 Å². The van der Waals surface area contributed by atoms with E-state index in [9.17, 15) is 0 Å². The minimum Gasteiger partial charge on any atom is -0.357 e. The van der Waals surface area contributed by atoms with Crippen LogP contribution in [0.5, 0.6) is 0 Å². The first-order valence-electron chi connectivity index (χ1n) is 4.54. The Hall–Kier alpha value is 0.748. The predicted octanol–water partition coefficient (Wildman–Crippen LogP) is -2.76. The fourth-order valence-corrected chi connectivity index (χ4v) is 19.5. The highest BCUT2D eigenvalue weighted by Crippen LogP contribution is 2.01. The molecule has 0 spiro atoms. The topological polar surface area (TPSA) is 27.3 Å². The molecular weight excluding hydrogens is 202 g/mol. The standard InChI is InChI=1S/C4H19N3Si4/c1-3-11(4-2)7-9-5-8-6-10-7/h5-6,11H,3-4,8-10H2,1-2H3. The minimum absolute atomic E-state index is 0.0334. The molecule has 11 heavy (non-hydrogen) atoms. The fourth-order valence-electron chi connectivity index (χ4n) is 1.61. The number of rotatable bonds is 3. The lowest BCUT2D eigenvalue weighted by molar-refractivity contribution is 0.947. The van der Waals surface area contributed by atoms with E-state index in [-0.39, 0.29) is 29.5 Å². The van der Waals surface area contributed by atoms with Crippen molar-refractivity contribution in [2.75, 3.05) is 0 Å². The van der Waals surface area contributed by atoms with E-state index in [1.54, 1.807) is 0 Å². The van der Waals surface area contributed by atoms with Crippen molar-refractivity contribution in [3.63, 3.8) is 0 Å². The summed E-state index contributed by atoms with van der Waals surface area (Å²) in [5.41, 5.74) is 0. The van der Waals surface area contributed by atoms with E-state index in [2.05, 4.69) is 27.0 Å². The maximum absolute atomic E-state index is 3.65. The van der Waals surface area contributed by atoms with E-state index < -0.39 is 8.96 Å². The number of hydrogen-bond acceptors (Lipinski definition) is 3. The van der Waals surface area contributed by atoms with Gasteiger partial charge in [-0.3, -0.25) is 0 Å². The average Bonchev–Trinajstić information content (AvgIpc) is 2.09. The molecule has 0 aromatic carbocycles. The van der Waals surface area contributed by atoms with Crippen molar-refractivity contribution in [1.82, 2.24) is 13.2 Å². The predicted molar refractivity (Wildman–Crippen MR) is 61.9 cm³/mol. The zero-order valence-electron chi connectivity index (χ0n) is 7.56. The molecule has 0 aliphatic carbocycles. The van der Waals surface area contributed by atoms with E-state index in [1.165, 1.54) is 12.1 Å². The van der Waals surface area contributed by atoms with Gasteiger partial charge in [-0.25, -0.2) is 0 Å². The third-order valence-corrected chi connectivity index (χ3v) is 15.4. The van der Waals surface area contributed by atoms with Crippen LogP contribution in [0.3, 0.4) is 0 Å². The summed E-state index contributed by atoms with van der Waals surface area (Å²) in [6.45, 7) is 4.74. The molecule has 0 bridgehead atoms. The molecule has 2 N–H and O–H groups in total. The van der Waals surface area contributed by atoms with Crippen LogP contribution < -0.4 is 9.30 Å². The van der Waals surface area contributed by atoms with Crippen LogP contribution >= 0.6 is 0 Å². The molecular formula is C4H19N3Si4. The molecule has 0 aromatic heterocycles. The van der Waals surface area contributed by atoms with Crippen molar-refractivity contribution in [2.24, 2.45) is 0 Å². The molecule has 1 aliphatic rings. The van der Waals surface area contributed by atoms with Gasteiger partial charge in [-0.15, -0.1) is 0 Å². The summed E-state index contributed by atoms with van der Waals surface area (Å²) in [5.74, 6) is 0. The SMILES string of the molecule is CC[SiH](CC)N1[SiH2]N[SiH2]N[SiH2]1. The molecule has 1 saturated heterocycles. The van der Waals surface area contributed by atoms with Gasteiger partial charge in [0.25, 0.3) is 0 Å². The third kappa shape index (κ3) is 2.93. The maximum Gasteiger partial charge on any atom is 0.155 e. The van der Waals surface area contributed by atoms with Crippen molar-refractivity contribution in [3.05, 3.63) is 0 Å². The zero-order valence-corrected chi connectivity index (χ0v) is 13.0. The Labute approximate surface area is 77.9 Å². The maximum atomic E-state index is 3.65. The highest BCUT2D eigenvalue weighted by molar-refractivity contribution is 6.79. The summed E-state index contributed by atoms with van der Waals surface area (Å²) >= 11 is 0. The first-order chi connectivity index (χ1) is 5.38. The molecule has 1 aliphatic heterocycles. The molecule has 66 valence electrons. The highest BCUT2D eigenvalue weighted by atomic mass is 28.4. The van der Waals surface area contributed by atoms with Crippen molar-refractivity contribution >= 4 is 38.5 Å². The van der Waals surface area contributed by atoms with Crippen molar-refractivity contribution < 1.29 is 0 Å². The van der Waals surface area contributed by atoms with Crippen molar-refractivity contribution in [2.45, 2.75) is 25.9 Å². The van der Waals surface area contributed by atoms with Crippen LogP contribution in [0.15, 0.2) is 0 Å². The Morgan fingerprint density at radius 3 is 2.18 bits per heavy atom. The summed E-state index contributed by atoms with van der Waals surface area (Å²) in [6, 6.07) is 2.95. The van der Waals surface area contributed by atoms with Crippen LogP contribution in [-0.2, 0) is 0 Å². The minimum atomic E-state index is -0.419. The molecule has 0 unspecified atom stereocenters. The molecule has 1 fully saturated rings. The number of hydrogen-bond donors (Lipinski definition) is 2. The molecule has 7 heteroatoms. The molecule has 0 saturated carbocycles. The van der Waals surface area contributed by atoms with E-state index >= 15 is 0 Å². The Morgan fingerprint density at radius 1 is 1.18 bits per heavy atom. The Morgan fingerprint density at radius 2 is 1.73 bits per heavy atom. The molecule has 1 rings (SSSR count). The van der Waals surface area contributed by atoms with Gasteiger partial charge < -0.3 is 13.2 Å². The van der Waals surface area contributed by atoms with Gasteiger partial charge >= 0.3 is 0 Å². The van der Waals surface area contributed by atoms with Gasteiger partial charge in [0.1, 0.15) is 0 Å². The first-order valence-corrected chi connectivity index (χ1v) is 10.8. The van der Waals surface area contributed by atoms with Crippen molar-refractivity contribution in [3.8, 4) is 0 Å². The van der Waals surface area contributed by atoms with E-state index in [0.29, 0.717) is 0 Å². The van der Waals surface area contributed by atoms with Crippen LogP contribution in [0.25, 0.3) is 0 Å². The van der Waals surface area contributed by atoms with Crippen LogP contribution in [0.4, 0.5) is 0 Å². The molecule has 0 atom stereocenters. The lowest BCUT2D eigenvalue weighted by Gasteiger charge is -2.33. The third-order valence-electron chi connectivity index (χ3n) is 2.34. The van der Waals surface area contributed by atoms with Crippen molar-refractivity contribution in [1.29, 1.82) is 0 Å². The Bertz CT molecular complexity index is 104. The molecule has 0 aromatic rings. The van der Waals surface area contributed by atoms with Gasteiger partial charge in [0.05, 0.1) is 8.96 Å². The van der Waals surface area contributed by atoms with Crippen LogP contribution in [-0.4, -0.2) is 42.4 Å². The van der Waals surface area contributed by atoms with Crippen LogP contribution in [0, 0.1) is 0 Å². The van der Waals surface area contributed by atoms with Gasteiger partial charge in [-0.2, -0.15) is 0 Å². The lowest BCUT2D eigenvalue weighted by atomic mass is 10.9. The monoisotopic (exact) mass is 221 g/mol. The highest BCUT2D eigenvalue weighted by Gasteiger charge is 2.18. The molecule has 3 nitrogen and oxygen atoms in total. The Kier molecular flexibility index (Phi) is 4.83. The van der Waals surface area contributed by atoms with E-state index in [0.717, 1.165) is 0 Å². The van der Waals surface area contributed by atoms with Gasteiger partial charge in [0.2, 0.25) is 0 Å². The summed E-state index contributed by atoms with van der Waals surface area (Å²) in [6.07, 6.45) is 0. The van der Waals surface area contributed by atoms with Gasteiger partial charge in [-0.1, -0.05) is 25.9 Å². The normalized spacial score (nSPS) is 27.5. The second kappa shape index (κ2) is 5.40. The second-order valence-electron chi connectivity index (χ2n) is 3.05. The molecule has 1 heterocycles. The van der Waals surface area contributed by atoms with E-state index in [4.69, 9.17) is 0 Å². The smallest absolute Gasteiger partial charge is 0.155 e. The summed E-state index contributed by atoms with van der Waals surface area (Å²) in [7, 11) is -0.268. The summed E-state index contributed by atoms with van der Waals surface area (Å²) in [5, 5.41) is 0. The summed E-state index contributed by atoms with van der Waals surface area (Å²) < 4.78 is 10.2. The van der Waals surface area contributed by atoms with Crippen LogP contribution in [0.1, 0.15) is 13.8 Å². The fraction of sp³-hybridized carbons (Fsp3) is 1.00. The first kappa shape index (κ1) is 9.83. The lowest BCUT2D eigenvalue weighted by Crippen LogP contribution is -2.62. The second-order valence-corrected chi connectivity index (χ2v) is 15.7. The molecule has 0 amide bonds. The largest absolute Gasteiger partial charge is 0.357 e. The Balaban J connectivity index is 2.30. The van der Waals surface area contributed by atoms with Crippen LogP contribution in [0.2, 0.25) is 12.1 Å².